The molecule has 0 radical (unpaired) electrons. The summed E-state index contributed by atoms with van der Waals surface area (Å²) < 4.78 is 16.8. The first-order chi connectivity index (χ1) is 9.70. The zero-order valence-electron chi connectivity index (χ0n) is 13.0. The van der Waals surface area contributed by atoms with Crippen LogP contribution in [0.1, 0.15) is 34.1 Å². The molecule has 0 aliphatic carbocycles. The Morgan fingerprint density at radius 3 is 2.57 bits per heavy atom. The maximum atomic E-state index is 11.9. The second-order valence-electron chi connectivity index (χ2n) is 6.47. The summed E-state index contributed by atoms with van der Waals surface area (Å²) in [4.78, 5) is 11.9. The van der Waals surface area contributed by atoms with Gasteiger partial charge in [0, 0.05) is 6.42 Å². The maximum absolute atomic E-state index is 11.9. The van der Waals surface area contributed by atoms with E-state index in [2.05, 4.69) is 0 Å². The quantitative estimate of drug-likeness (QED) is 0.682. The molecular formula is C16H23NO4. The van der Waals surface area contributed by atoms with Crippen molar-refractivity contribution in [3.63, 3.8) is 0 Å². The van der Waals surface area contributed by atoms with Crippen LogP contribution in [0.5, 0.6) is 5.75 Å². The highest BCUT2D eigenvalue weighted by molar-refractivity contribution is 5.72. The Kier molecular flexibility index (Phi) is 4.14. The van der Waals surface area contributed by atoms with E-state index >= 15 is 0 Å². The van der Waals surface area contributed by atoms with Crippen LogP contribution in [-0.4, -0.2) is 29.9 Å². The van der Waals surface area contributed by atoms with E-state index in [1.54, 1.807) is 24.3 Å². The van der Waals surface area contributed by atoms with Crippen molar-refractivity contribution in [1.82, 2.24) is 0 Å². The number of carbonyl (C=O) groups excluding carboxylic acids is 1. The van der Waals surface area contributed by atoms with Crippen molar-refractivity contribution in [2.75, 3.05) is 12.3 Å². The molecule has 2 rings (SSSR count). The minimum absolute atomic E-state index is 0.165. The molecular weight excluding hydrogens is 270 g/mol. The number of esters is 1. The molecule has 2 N–H and O–H groups in total. The van der Waals surface area contributed by atoms with Gasteiger partial charge in [0.25, 0.3) is 0 Å². The van der Waals surface area contributed by atoms with E-state index in [0.717, 1.165) is 0 Å². The van der Waals surface area contributed by atoms with Crippen molar-refractivity contribution in [1.29, 1.82) is 0 Å². The molecule has 1 aliphatic rings. The van der Waals surface area contributed by atoms with E-state index in [4.69, 9.17) is 19.9 Å². The van der Waals surface area contributed by atoms with Gasteiger partial charge >= 0.3 is 5.97 Å². The number of hydrogen-bond acceptors (Lipinski definition) is 5. The van der Waals surface area contributed by atoms with Crippen LogP contribution in [0, 0.1) is 0 Å². The summed E-state index contributed by atoms with van der Waals surface area (Å²) in [7, 11) is 0. The van der Waals surface area contributed by atoms with Crippen molar-refractivity contribution in [3.8, 4) is 5.75 Å². The lowest BCUT2D eigenvalue weighted by Crippen LogP contribution is -2.37. The van der Waals surface area contributed by atoms with Crippen LogP contribution in [0.4, 0.5) is 5.69 Å². The Labute approximate surface area is 125 Å². The van der Waals surface area contributed by atoms with Crippen molar-refractivity contribution in [3.05, 3.63) is 24.3 Å². The van der Waals surface area contributed by atoms with E-state index in [1.165, 1.54) is 0 Å². The minimum atomic E-state index is -0.495. The van der Waals surface area contributed by atoms with Crippen LogP contribution in [0.3, 0.4) is 0 Å². The first-order valence-corrected chi connectivity index (χ1v) is 7.07. The molecule has 1 fully saturated rings. The standard InChI is InChI=1S/C16H23NO4/c1-15(2)9-13(16(3,4)21-15)20-14(18)10-19-12-8-6-5-7-11(12)17/h5-8,13H,9-10,17H2,1-4H3. The summed E-state index contributed by atoms with van der Waals surface area (Å²) in [5.41, 5.74) is 5.46. The molecule has 0 amide bonds. The summed E-state index contributed by atoms with van der Waals surface area (Å²) in [6, 6.07) is 7.04. The van der Waals surface area contributed by atoms with Gasteiger partial charge in [-0.3, -0.25) is 0 Å². The third kappa shape index (κ3) is 3.88. The molecule has 1 unspecified atom stereocenters. The van der Waals surface area contributed by atoms with Crippen molar-refractivity contribution < 1.29 is 19.0 Å². The number of benzene rings is 1. The number of ether oxygens (including phenoxy) is 3. The average Bonchev–Trinajstić information content (AvgIpc) is 2.56. The van der Waals surface area contributed by atoms with E-state index in [1.807, 2.05) is 27.7 Å². The Morgan fingerprint density at radius 1 is 1.33 bits per heavy atom. The van der Waals surface area contributed by atoms with Crippen LogP contribution >= 0.6 is 0 Å². The fourth-order valence-electron chi connectivity index (χ4n) is 2.64. The number of anilines is 1. The number of carbonyl (C=O) groups is 1. The Morgan fingerprint density at radius 2 is 2.00 bits per heavy atom. The third-order valence-electron chi connectivity index (χ3n) is 3.53. The van der Waals surface area contributed by atoms with Crippen molar-refractivity contribution in [2.24, 2.45) is 0 Å². The zero-order chi connectivity index (χ0) is 15.7. The van der Waals surface area contributed by atoms with E-state index in [-0.39, 0.29) is 18.3 Å². The molecule has 0 saturated carbocycles. The van der Waals surface area contributed by atoms with Crippen LogP contribution in [-0.2, 0) is 14.3 Å². The maximum Gasteiger partial charge on any atom is 0.344 e. The molecule has 5 nitrogen and oxygen atoms in total. The van der Waals surface area contributed by atoms with Gasteiger partial charge in [-0.1, -0.05) is 12.1 Å². The molecule has 116 valence electrons. The molecule has 0 aromatic heterocycles. The molecule has 1 atom stereocenters. The Hall–Kier alpha value is -1.75. The molecule has 1 heterocycles. The van der Waals surface area contributed by atoms with E-state index < -0.39 is 11.6 Å². The van der Waals surface area contributed by atoms with Crippen molar-refractivity contribution in [2.45, 2.75) is 51.4 Å². The van der Waals surface area contributed by atoms with Gasteiger partial charge in [-0.25, -0.2) is 4.79 Å². The van der Waals surface area contributed by atoms with Crippen LogP contribution in [0.25, 0.3) is 0 Å². The minimum Gasteiger partial charge on any atom is -0.480 e. The number of rotatable bonds is 4. The van der Waals surface area contributed by atoms with Gasteiger partial charge in [0.2, 0.25) is 0 Å². The molecule has 1 saturated heterocycles. The lowest BCUT2D eigenvalue weighted by atomic mass is 9.97. The fraction of sp³-hybridized carbons (Fsp3) is 0.562. The fourth-order valence-corrected chi connectivity index (χ4v) is 2.64. The summed E-state index contributed by atoms with van der Waals surface area (Å²) in [6.45, 7) is 7.67. The predicted molar refractivity (Wildman–Crippen MR) is 80.1 cm³/mol. The SMILES string of the molecule is CC1(C)CC(OC(=O)COc2ccccc2N)C(C)(C)O1. The summed E-state index contributed by atoms with van der Waals surface area (Å²) >= 11 is 0. The number of para-hydroxylation sites is 2. The topological polar surface area (TPSA) is 70.8 Å². The van der Waals surface area contributed by atoms with E-state index in [0.29, 0.717) is 17.9 Å². The highest BCUT2D eigenvalue weighted by Gasteiger charge is 2.48. The lowest BCUT2D eigenvalue weighted by Gasteiger charge is -2.26. The smallest absolute Gasteiger partial charge is 0.344 e. The molecule has 1 aromatic carbocycles. The van der Waals surface area contributed by atoms with Gasteiger partial charge in [0.15, 0.2) is 6.61 Å². The first-order valence-electron chi connectivity index (χ1n) is 7.07. The number of nitrogens with two attached hydrogens (primary N) is 1. The van der Waals surface area contributed by atoms with E-state index in [9.17, 15) is 4.79 Å². The second kappa shape index (κ2) is 5.56. The predicted octanol–water partition coefficient (Wildman–Crippen LogP) is 2.54. The van der Waals surface area contributed by atoms with Gasteiger partial charge in [-0.2, -0.15) is 0 Å². The lowest BCUT2D eigenvalue weighted by molar-refractivity contribution is -0.160. The summed E-state index contributed by atoms with van der Waals surface area (Å²) in [5.74, 6) is 0.0642. The number of hydrogen-bond donors (Lipinski definition) is 1. The highest BCUT2D eigenvalue weighted by atomic mass is 16.6. The second-order valence-corrected chi connectivity index (χ2v) is 6.47. The monoisotopic (exact) mass is 293 g/mol. The molecule has 1 aromatic rings. The molecule has 5 heteroatoms. The van der Waals surface area contributed by atoms with Crippen LogP contribution in [0.2, 0.25) is 0 Å². The van der Waals surface area contributed by atoms with Crippen molar-refractivity contribution >= 4 is 11.7 Å². The normalized spacial score (nSPS) is 22.8. The largest absolute Gasteiger partial charge is 0.480 e. The van der Waals surface area contributed by atoms with Gasteiger partial charge in [0.1, 0.15) is 17.5 Å². The van der Waals surface area contributed by atoms with Crippen LogP contribution in [0.15, 0.2) is 24.3 Å². The summed E-state index contributed by atoms with van der Waals surface area (Å²) in [6.07, 6.45) is 0.385. The number of nitrogen functional groups attached to an aromatic ring is 1. The molecule has 21 heavy (non-hydrogen) atoms. The third-order valence-corrected chi connectivity index (χ3v) is 3.53. The Balaban J connectivity index is 1.89. The highest BCUT2D eigenvalue weighted by Crippen LogP contribution is 2.39. The molecule has 0 bridgehead atoms. The van der Waals surface area contributed by atoms with Gasteiger partial charge < -0.3 is 19.9 Å². The first kappa shape index (κ1) is 15.6. The van der Waals surface area contributed by atoms with Gasteiger partial charge in [-0.05, 0) is 39.8 Å². The summed E-state index contributed by atoms with van der Waals surface area (Å²) in [5, 5.41) is 0. The average molecular weight is 293 g/mol. The van der Waals surface area contributed by atoms with Crippen LogP contribution < -0.4 is 10.5 Å². The molecule has 0 spiro atoms. The van der Waals surface area contributed by atoms with Gasteiger partial charge in [0.05, 0.1) is 11.3 Å². The van der Waals surface area contributed by atoms with Gasteiger partial charge in [-0.15, -0.1) is 0 Å². The zero-order valence-corrected chi connectivity index (χ0v) is 13.0. The Bertz CT molecular complexity index is 525. The molecule has 1 aliphatic heterocycles.